The molecule has 1 heterocycles. The summed E-state index contributed by atoms with van der Waals surface area (Å²) in [6.45, 7) is 1.38. The van der Waals surface area contributed by atoms with Gasteiger partial charge in [0, 0.05) is 26.1 Å². The number of aromatic hydroxyl groups is 2. The predicted octanol–water partition coefficient (Wildman–Crippen LogP) is -0.770. The second-order valence-corrected chi connectivity index (χ2v) is 8.62. The molecule has 13 heteroatoms. The minimum atomic E-state index is -1.64. The van der Waals surface area contributed by atoms with Crippen molar-refractivity contribution in [3.8, 4) is 11.5 Å². The summed E-state index contributed by atoms with van der Waals surface area (Å²) in [4.78, 5) is 37.6. The molecule has 3 unspecified atom stereocenters. The number of aliphatic carboxylic acids is 1. The van der Waals surface area contributed by atoms with Gasteiger partial charge in [-0.15, -0.1) is 0 Å². The van der Waals surface area contributed by atoms with Crippen molar-refractivity contribution in [2.24, 2.45) is 11.5 Å². The van der Waals surface area contributed by atoms with Crippen LogP contribution in [0.25, 0.3) is 0 Å². The Hall–Kier alpha value is -3.84. The third kappa shape index (κ3) is 8.43. The van der Waals surface area contributed by atoms with E-state index in [-0.39, 0.29) is 23.9 Å². The number of benzene rings is 1. The zero-order valence-electron chi connectivity index (χ0n) is 19.8. The molecule has 0 saturated carbocycles. The number of hydrogen-bond donors (Lipinski definition) is 9. The van der Waals surface area contributed by atoms with Crippen LogP contribution in [0.15, 0.2) is 29.8 Å². The Morgan fingerprint density at radius 3 is 2.47 bits per heavy atom. The molecular formula is C23H34N6O7. The van der Waals surface area contributed by atoms with Gasteiger partial charge in [0.05, 0.1) is 6.04 Å². The van der Waals surface area contributed by atoms with Crippen LogP contribution < -0.4 is 22.1 Å². The number of amides is 2. The Bertz CT molecular complexity index is 999. The second kappa shape index (κ2) is 13.3. The number of nitrogens with zero attached hydrogens (tertiary/aromatic N) is 1. The van der Waals surface area contributed by atoms with Crippen LogP contribution in [0.3, 0.4) is 0 Å². The largest absolute Gasteiger partial charge is 0.504 e. The van der Waals surface area contributed by atoms with Crippen molar-refractivity contribution >= 4 is 23.7 Å². The van der Waals surface area contributed by atoms with E-state index >= 15 is 0 Å². The minimum Gasteiger partial charge on any atom is -0.504 e. The summed E-state index contributed by atoms with van der Waals surface area (Å²) in [5, 5.41) is 51.0. The van der Waals surface area contributed by atoms with Crippen molar-refractivity contribution < 1.29 is 34.8 Å². The number of carbonyl (C=O) groups excluding carboxylic acids is 2. The van der Waals surface area contributed by atoms with Gasteiger partial charge in [-0.05, 0) is 37.0 Å². The fourth-order valence-corrected chi connectivity index (χ4v) is 3.69. The number of rotatable bonds is 13. The van der Waals surface area contributed by atoms with Crippen molar-refractivity contribution in [1.29, 1.82) is 5.41 Å². The smallest absolute Gasteiger partial charge is 0.329 e. The van der Waals surface area contributed by atoms with Crippen molar-refractivity contribution in [2.75, 3.05) is 19.6 Å². The van der Waals surface area contributed by atoms with E-state index in [0.717, 1.165) is 17.7 Å². The second-order valence-electron chi connectivity index (χ2n) is 8.62. The molecule has 0 bridgehead atoms. The number of phenolic OH excluding ortho intramolecular Hbond substituents is 2. The molecule has 0 radical (unpaired) electrons. The Morgan fingerprint density at radius 2 is 1.86 bits per heavy atom. The van der Waals surface area contributed by atoms with Crippen LogP contribution in [0.1, 0.15) is 43.8 Å². The maximum absolute atomic E-state index is 12.2. The van der Waals surface area contributed by atoms with Crippen LogP contribution in [0.4, 0.5) is 0 Å². The van der Waals surface area contributed by atoms with Gasteiger partial charge in [-0.3, -0.25) is 15.0 Å². The molecule has 1 aromatic carbocycles. The van der Waals surface area contributed by atoms with E-state index in [9.17, 15) is 34.8 Å². The lowest BCUT2D eigenvalue weighted by atomic mass is 10.0. The van der Waals surface area contributed by atoms with E-state index in [2.05, 4.69) is 10.6 Å². The molecule has 36 heavy (non-hydrogen) atoms. The first-order valence-corrected chi connectivity index (χ1v) is 11.5. The summed E-state index contributed by atoms with van der Waals surface area (Å²) in [6.07, 6.45) is 2.27. The quantitative estimate of drug-likeness (QED) is 0.0532. The van der Waals surface area contributed by atoms with Crippen LogP contribution in [0.2, 0.25) is 0 Å². The third-order valence-corrected chi connectivity index (χ3v) is 5.77. The molecular weight excluding hydrogens is 472 g/mol. The van der Waals surface area contributed by atoms with Gasteiger partial charge in [0.1, 0.15) is 6.10 Å². The van der Waals surface area contributed by atoms with Crippen LogP contribution >= 0.6 is 0 Å². The van der Waals surface area contributed by atoms with Crippen molar-refractivity contribution in [3.63, 3.8) is 0 Å². The Morgan fingerprint density at radius 1 is 1.14 bits per heavy atom. The Labute approximate surface area is 208 Å². The number of carboxylic acids is 1. The fourth-order valence-electron chi connectivity index (χ4n) is 3.69. The van der Waals surface area contributed by atoms with E-state index in [1.165, 1.54) is 6.07 Å². The maximum Gasteiger partial charge on any atom is 0.329 e. The molecule has 13 nitrogen and oxygen atoms in total. The fraction of sp³-hybridized carbons (Fsp3) is 0.478. The molecule has 1 aromatic rings. The zero-order chi connectivity index (χ0) is 26.8. The number of nitrogens with two attached hydrogens (primary N) is 2. The lowest BCUT2D eigenvalue weighted by Crippen LogP contribution is -2.45. The Kier molecular flexibility index (Phi) is 10.5. The van der Waals surface area contributed by atoms with Gasteiger partial charge in [0.15, 0.2) is 23.5 Å². The molecule has 2 amide bonds. The monoisotopic (exact) mass is 506 g/mol. The maximum atomic E-state index is 12.2. The first-order valence-electron chi connectivity index (χ1n) is 11.5. The molecule has 0 fully saturated rings. The molecule has 0 aliphatic carbocycles. The number of aliphatic hydroxyl groups excluding tert-OH is 1. The number of phenols is 2. The van der Waals surface area contributed by atoms with Gasteiger partial charge in [-0.2, -0.15) is 0 Å². The Balaban J connectivity index is 1.66. The van der Waals surface area contributed by atoms with Crippen molar-refractivity contribution in [3.05, 3.63) is 35.4 Å². The molecule has 3 atom stereocenters. The highest BCUT2D eigenvalue weighted by molar-refractivity contribution is 5.84. The van der Waals surface area contributed by atoms with Gasteiger partial charge < -0.3 is 47.4 Å². The number of guanidine groups is 1. The van der Waals surface area contributed by atoms with Gasteiger partial charge in [0.25, 0.3) is 0 Å². The number of unbranched alkanes of at least 4 members (excludes halogenated alkanes) is 2. The number of hydrogen-bond acceptors (Lipinski definition) is 8. The van der Waals surface area contributed by atoms with Gasteiger partial charge in [0.2, 0.25) is 11.8 Å². The highest BCUT2D eigenvalue weighted by Gasteiger charge is 2.30. The predicted molar refractivity (Wildman–Crippen MR) is 130 cm³/mol. The minimum absolute atomic E-state index is 0.0194. The highest BCUT2D eigenvalue weighted by Crippen LogP contribution is 2.29. The topological polar surface area (TPSA) is 235 Å². The summed E-state index contributed by atoms with van der Waals surface area (Å²) in [7, 11) is 0. The molecule has 1 aliphatic heterocycles. The molecule has 0 saturated heterocycles. The molecule has 0 spiro atoms. The molecule has 0 aromatic heterocycles. The lowest BCUT2D eigenvalue weighted by Gasteiger charge is -2.21. The van der Waals surface area contributed by atoms with Crippen LogP contribution in [-0.4, -0.2) is 80.8 Å². The van der Waals surface area contributed by atoms with Gasteiger partial charge in [-0.1, -0.05) is 24.1 Å². The number of carboxylic acid groups (broad SMARTS) is 1. The highest BCUT2D eigenvalue weighted by atomic mass is 16.4. The summed E-state index contributed by atoms with van der Waals surface area (Å²) in [6, 6.07) is 1.01. The van der Waals surface area contributed by atoms with Gasteiger partial charge >= 0.3 is 5.97 Å². The summed E-state index contributed by atoms with van der Waals surface area (Å²) in [5.74, 6) is -3.30. The molecule has 11 N–H and O–H groups in total. The summed E-state index contributed by atoms with van der Waals surface area (Å²) >= 11 is 0. The normalized spacial score (nSPS) is 15.5. The number of nitrogens with one attached hydrogen (secondary N) is 3. The van der Waals surface area contributed by atoms with E-state index in [4.69, 9.17) is 16.9 Å². The number of aliphatic hydroxyl groups is 1. The van der Waals surface area contributed by atoms with E-state index in [0.29, 0.717) is 45.3 Å². The zero-order valence-corrected chi connectivity index (χ0v) is 19.8. The average Bonchev–Trinajstić information content (AvgIpc) is 3.29. The first kappa shape index (κ1) is 28.4. The molecule has 198 valence electrons. The van der Waals surface area contributed by atoms with Crippen molar-refractivity contribution in [1.82, 2.24) is 15.5 Å². The van der Waals surface area contributed by atoms with Crippen LogP contribution in [0, 0.1) is 5.41 Å². The van der Waals surface area contributed by atoms with Crippen LogP contribution in [0.5, 0.6) is 11.5 Å². The van der Waals surface area contributed by atoms with Gasteiger partial charge in [-0.25, -0.2) is 4.79 Å². The van der Waals surface area contributed by atoms with E-state index in [1.807, 2.05) is 6.08 Å². The van der Waals surface area contributed by atoms with Crippen molar-refractivity contribution in [2.45, 2.75) is 50.3 Å². The standard InChI is InChI=1S/C23H34N6O7/c24-15(10-13-7-9-29(12-13)23(25)26)21(34)27-8-3-1-2-4-18(32)28-19(22(35)36)20(33)14-5-6-16(30)17(31)11-14/h5-7,11,15,19-20,30-31,33H,1-4,8-10,12,24H2,(H3,25,26)(H,27,34)(H,28,32)(H,35,36). The first-order chi connectivity index (χ1) is 17.0. The summed E-state index contributed by atoms with van der Waals surface area (Å²) < 4.78 is 0. The lowest BCUT2D eigenvalue weighted by molar-refractivity contribution is -0.145. The summed E-state index contributed by atoms with van der Waals surface area (Å²) in [5.41, 5.74) is 12.4. The number of carbonyl (C=O) groups is 3. The van der Waals surface area contributed by atoms with E-state index in [1.54, 1.807) is 4.90 Å². The SMILES string of the molecule is N=C(N)N1CC=C(CC(N)C(=O)NCCCCCC(=O)NC(C(=O)O)C(O)c2ccc(O)c(O)c2)C1. The molecule has 2 rings (SSSR count). The molecule has 1 aliphatic rings. The van der Waals surface area contributed by atoms with Crippen LogP contribution in [-0.2, 0) is 14.4 Å². The van der Waals surface area contributed by atoms with E-state index < -0.39 is 41.6 Å². The average molecular weight is 507 g/mol. The third-order valence-electron chi connectivity index (χ3n) is 5.77.